The van der Waals surface area contributed by atoms with E-state index in [0.29, 0.717) is 0 Å². The van der Waals surface area contributed by atoms with Crippen molar-refractivity contribution < 1.29 is 0 Å². The van der Waals surface area contributed by atoms with E-state index in [1.807, 2.05) is 114 Å². The molecule has 0 atom stereocenters. The van der Waals surface area contributed by atoms with E-state index in [2.05, 4.69) is 367 Å². The molecule has 0 aliphatic heterocycles. The fourth-order valence-corrected chi connectivity index (χ4v) is 14.4. The number of hydrogen-bond donors (Lipinski definition) is 0. The van der Waals surface area contributed by atoms with Crippen LogP contribution < -0.4 is 0 Å². The van der Waals surface area contributed by atoms with E-state index in [1.165, 1.54) is 137 Å². The zero-order chi connectivity index (χ0) is 81.7. The van der Waals surface area contributed by atoms with Crippen molar-refractivity contribution in [3.8, 4) is 78.4 Å². The van der Waals surface area contributed by atoms with E-state index in [4.69, 9.17) is 0 Å². The molecule has 0 fully saturated rings. The summed E-state index contributed by atoms with van der Waals surface area (Å²) in [4.78, 5) is 46.6. The number of pyridine rings is 4. The summed E-state index contributed by atoms with van der Waals surface area (Å²) in [6, 6.07) is 116. The lowest BCUT2D eigenvalue weighted by Gasteiger charge is -2.06. The van der Waals surface area contributed by atoms with Crippen LogP contribution in [0.4, 0.5) is 0 Å². The van der Waals surface area contributed by atoms with Gasteiger partial charge in [0.05, 0.1) is 23.3 Å². The van der Waals surface area contributed by atoms with Crippen LogP contribution in [0, 0.1) is 48.5 Å². The molecule has 0 saturated carbocycles. The lowest BCUT2D eigenvalue weighted by atomic mass is 9.99. The normalized spacial score (nSPS) is 10.6. The van der Waals surface area contributed by atoms with E-state index >= 15 is 0 Å². The molecule has 14 aromatic carbocycles. The number of aromatic nitrogens is 11. The van der Waals surface area contributed by atoms with Gasteiger partial charge in [0.2, 0.25) is 0 Å². The Morgan fingerprint density at radius 1 is 0.202 bits per heavy atom. The van der Waals surface area contributed by atoms with Gasteiger partial charge in [-0.2, -0.15) is 0 Å². The molecule has 0 unspecified atom stereocenters. The van der Waals surface area contributed by atoms with Crippen LogP contribution in [-0.2, 0) is 0 Å². The van der Waals surface area contributed by atoms with Gasteiger partial charge >= 0.3 is 0 Å². The Hall–Kier alpha value is -15.3. The maximum absolute atomic E-state index is 4.49. The van der Waals surface area contributed by atoms with E-state index in [0.717, 1.165) is 56.8 Å². The predicted octanol–water partition coefficient (Wildman–Crippen LogP) is 27.1. The standard InChI is InChI=1S/4C16H13N.2C15H12N2.C14H11N3/c1-12-5-4-10-17-16(12)15-9-8-13-6-2-3-7-14(13)11-15;1-12-16(7-4-10-17-12)15-9-8-13-5-2-3-6-14(13)11-15;1-12-11-17-9-8-16(12)15-7-6-13-4-2-3-5-14(13)10-15;1-12-8-9-17-11-16(12)15-7-6-13-4-2-3-5-14(13)10-15;1-11-15(9-16-10-17-11)14-7-6-12-4-2-3-5-13(12)8-14;1-11-9-16-10-15(17-11)14-7-6-12-4-2-3-5-13(12)8-14;1-10-15-9-16-14(17-10)13-7-6-11-4-2-3-5-12(11)8-13/h4*2-11H,1H3;2*2-10H,1H3;2-9H,1H3. The van der Waals surface area contributed by atoms with Crippen molar-refractivity contribution in [1.82, 2.24) is 54.8 Å². The molecule has 21 rings (SSSR count). The highest BCUT2D eigenvalue weighted by molar-refractivity contribution is 5.93. The second-order valence-corrected chi connectivity index (χ2v) is 29.0. The van der Waals surface area contributed by atoms with Crippen LogP contribution in [0.2, 0.25) is 0 Å². The number of nitrogens with zero attached hydrogens (tertiary/aromatic N) is 11. The average Bonchev–Trinajstić information content (AvgIpc) is 0.865. The lowest BCUT2D eigenvalue weighted by Crippen LogP contribution is -1.93. The lowest BCUT2D eigenvalue weighted by molar-refractivity contribution is 0.983. The van der Waals surface area contributed by atoms with Gasteiger partial charge in [-0.05, 0) is 235 Å². The molecule has 574 valence electrons. The number of aryl methyl sites for hydroxylation is 7. The van der Waals surface area contributed by atoms with Crippen molar-refractivity contribution in [3.05, 3.63) is 442 Å². The SMILES string of the molecule is Cc1cccnc1-c1ccc2ccccc2c1.Cc1ccncc1-c1ccc2ccccc2c1.Cc1cncc(-c2ccc3ccccc3c2)n1.Cc1cnccc1-c1ccc2ccccc2c1.Cc1ncccc1-c1ccc2ccccc2c1.Cc1ncnc(-c2ccc3ccccc3c2)n1.Cc1ncncc1-c1ccc2ccccc2c1. The molecule has 7 heterocycles. The summed E-state index contributed by atoms with van der Waals surface area (Å²) in [6.45, 7) is 14.2. The van der Waals surface area contributed by atoms with Gasteiger partial charge in [-0.1, -0.05) is 267 Å². The highest BCUT2D eigenvalue weighted by atomic mass is 15.0. The Bertz CT molecular complexity index is 6260. The Morgan fingerprint density at radius 3 is 1.07 bits per heavy atom. The molecule has 0 aliphatic carbocycles. The molecular weight excluding hydrogens is 1450 g/mol. The molecule has 0 saturated heterocycles. The number of benzene rings is 14. The first-order chi connectivity index (χ1) is 58.4. The topological polar surface area (TPSA) is 142 Å². The summed E-state index contributed by atoms with van der Waals surface area (Å²) in [7, 11) is 0. The van der Waals surface area contributed by atoms with Gasteiger partial charge in [0.25, 0.3) is 0 Å². The van der Waals surface area contributed by atoms with Crippen LogP contribution in [0.1, 0.15) is 39.6 Å². The van der Waals surface area contributed by atoms with Crippen LogP contribution in [0.25, 0.3) is 154 Å². The van der Waals surface area contributed by atoms with Crippen LogP contribution in [-0.4, -0.2) is 54.8 Å². The summed E-state index contributed by atoms with van der Waals surface area (Å²) in [5, 5.41) is 17.6. The van der Waals surface area contributed by atoms with Gasteiger partial charge in [-0.3, -0.25) is 24.9 Å². The monoisotopic (exact) mass is 1540 g/mol. The van der Waals surface area contributed by atoms with Crippen molar-refractivity contribution in [1.29, 1.82) is 0 Å². The Balaban J connectivity index is 0.000000108. The minimum atomic E-state index is 0.725. The van der Waals surface area contributed by atoms with E-state index in [1.54, 1.807) is 25.0 Å². The quantitative estimate of drug-likeness (QED) is 0.150. The van der Waals surface area contributed by atoms with Gasteiger partial charge < -0.3 is 0 Å². The molecule has 7 aromatic heterocycles. The smallest absolute Gasteiger partial charge is 0.162 e. The summed E-state index contributed by atoms with van der Waals surface area (Å²) in [5.74, 6) is 1.46. The van der Waals surface area contributed by atoms with Crippen LogP contribution in [0.3, 0.4) is 0 Å². The van der Waals surface area contributed by atoms with Crippen molar-refractivity contribution in [2.45, 2.75) is 48.5 Å². The summed E-state index contributed by atoms with van der Waals surface area (Å²) >= 11 is 0. The fourth-order valence-electron chi connectivity index (χ4n) is 14.4. The third kappa shape index (κ3) is 20.1. The number of hydrogen-bond acceptors (Lipinski definition) is 11. The largest absolute Gasteiger partial charge is 0.264 e. The first-order valence-corrected chi connectivity index (χ1v) is 39.7. The predicted molar refractivity (Wildman–Crippen MR) is 495 cm³/mol. The summed E-state index contributed by atoms with van der Waals surface area (Å²) in [5.41, 5.74) is 21.7. The first-order valence-electron chi connectivity index (χ1n) is 39.7. The molecule has 119 heavy (non-hydrogen) atoms. The summed E-state index contributed by atoms with van der Waals surface area (Å²) < 4.78 is 0. The van der Waals surface area contributed by atoms with Crippen LogP contribution in [0.15, 0.2) is 402 Å². The average molecular weight is 1540 g/mol. The van der Waals surface area contributed by atoms with Crippen molar-refractivity contribution >= 4 is 75.4 Å². The Morgan fingerprint density at radius 2 is 0.597 bits per heavy atom. The highest BCUT2D eigenvalue weighted by Gasteiger charge is 2.11. The first kappa shape index (κ1) is 78.9. The minimum Gasteiger partial charge on any atom is -0.264 e. The zero-order valence-corrected chi connectivity index (χ0v) is 67.5. The maximum atomic E-state index is 4.49. The maximum Gasteiger partial charge on any atom is 0.162 e. The second kappa shape index (κ2) is 38.2. The molecule has 0 radical (unpaired) electrons. The molecular formula is C108H87N11. The highest BCUT2D eigenvalue weighted by Crippen LogP contribution is 2.33. The summed E-state index contributed by atoms with van der Waals surface area (Å²) in [6.07, 6.45) is 19.8. The molecule has 11 heteroatoms. The fraction of sp³-hybridized carbons (Fsp3) is 0.0648. The second-order valence-electron chi connectivity index (χ2n) is 29.0. The van der Waals surface area contributed by atoms with Gasteiger partial charge in [0.15, 0.2) is 5.82 Å². The number of rotatable bonds is 7. The zero-order valence-electron chi connectivity index (χ0n) is 67.5. The minimum absolute atomic E-state index is 0.725. The van der Waals surface area contributed by atoms with Gasteiger partial charge in [0.1, 0.15) is 18.5 Å². The Labute approximate surface area is 694 Å². The van der Waals surface area contributed by atoms with E-state index in [-0.39, 0.29) is 0 Å². The van der Waals surface area contributed by atoms with E-state index in [9.17, 15) is 0 Å². The van der Waals surface area contributed by atoms with Gasteiger partial charge in [-0.15, -0.1) is 0 Å². The molecule has 0 amide bonds. The molecule has 0 bridgehead atoms. The van der Waals surface area contributed by atoms with Gasteiger partial charge in [-0.25, -0.2) is 29.9 Å². The molecule has 0 aliphatic rings. The Kier molecular flexibility index (Phi) is 25.3. The van der Waals surface area contributed by atoms with E-state index < -0.39 is 0 Å². The molecule has 21 aromatic rings. The molecule has 0 spiro atoms. The molecule has 0 N–H and O–H groups in total. The molecule has 11 nitrogen and oxygen atoms in total. The van der Waals surface area contributed by atoms with Crippen molar-refractivity contribution in [3.63, 3.8) is 0 Å². The van der Waals surface area contributed by atoms with Gasteiger partial charge in [0, 0.05) is 94.3 Å². The third-order valence-electron chi connectivity index (χ3n) is 20.8. The van der Waals surface area contributed by atoms with Crippen molar-refractivity contribution in [2.24, 2.45) is 0 Å². The van der Waals surface area contributed by atoms with Crippen molar-refractivity contribution in [2.75, 3.05) is 0 Å². The third-order valence-corrected chi connectivity index (χ3v) is 20.8. The number of fused-ring (bicyclic) bond motifs is 7. The van der Waals surface area contributed by atoms with Crippen LogP contribution in [0.5, 0.6) is 0 Å². The van der Waals surface area contributed by atoms with Crippen LogP contribution >= 0.6 is 0 Å².